The number of ketones is 1. The summed E-state index contributed by atoms with van der Waals surface area (Å²) < 4.78 is 0. The van der Waals surface area contributed by atoms with Crippen molar-refractivity contribution in [3.8, 4) is 0 Å². The summed E-state index contributed by atoms with van der Waals surface area (Å²) in [6, 6.07) is 0. The van der Waals surface area contributed by atoms with Crippen LogP contribution in [0.2, 0.25) is 0 Å². The van der Waals surface area contributed by atoms with Crippen molar-refractivity contribution in [3.63, 3.8) is 0 Å². The number of carbonyl (C=O) groups excluding carboxylic acids is 1. The first-order valence-corrected chi connectivity index (χ1v) is 3.46. The molecule has 0 aromatic heterocycles. The van der Waals surface area contributed by atoms with Crippen LogP contribution in [0.5, 0.6) is 0 Å². The Balaban J connectivity index is 4.24. The van der Waals surface area contributed by atoms with Crippen molar-refractivity contribution in [2.75, 3.05) is 6.61 Å². The van der Waals surface area contributed by atoms with Crippen molar-refractivity contribution < 1.29 is 35.4 Å². The smallest absolute Gasteiger partial charge is 0.219 e. The van der Waals surface area contributed by atoms with Crippen molar-refractivity contribution in [2.24, 2.45) is 0 Å². The van der Waals surface area contributed by atoms with Gasteiger partial charge in [0, 0.05) is 0 Å². The van der Waals surface area contributed by atoms with Gasteiger partial charge in [-0.15, -0.1) is 0 Å². The molecular formula is C6H12O7. The number of hydrogen-bond donors (Lipinski definition) is 6. The van der Waals surface area contributed by atoms with Crippen LogP contribution in [0.3, 0.4) is 0 Å². The van der Waals surface area contributed by atoms with Gasteiger partial charge in [-0.05, 0) is 0 Å². The molecule has 0 aliphatic heterocycles. The molecule has 0 saturated heterocycles. The van der Waals surface area contributed by atoms with E-state index >= 15 is 0 Å². The molecule has 0 bridgehead atoms. The summed E-state index contributed by atoms with van der Waals surface area (Å²) in [4.78, 5) is 10.6. The van der Waals surface area contributed by atoms with Gasteiger partial charge in [-0.3, -0.25) is 4.79 Å². The minimum absolute atomic E-state index is 0.854. The Morgan fingerprint density at radius 2 is 1.54 bits per heavy atom. The molecular weight excluding hydrogens is 184 g/mol. The van der Waals surface area contributed by atoms with Gasteiger partial charge in [-0.1, -0.05) is 0 Å². The molecule has 0 amide bonds. The Labute approximate surface area is 73.5 Å². The van der Waals surface area contributed by atoms with E-state index in [0.29, 0.717) is 0 Å². The first kappa shape index (κ1) is 12.4. The Hall–Kier alpha value is -0.570. The van der Waals surface area contributed by atoms with Gasteiger partial charge in [0.15, 0.2) is 0 Å². The molecule has 0 aromatic rings. The van der Waals surface area contributed by atoms with Crippen LogP contribution in [0.15, 0.2) is 0 Å². The van der Waals surface area contributed by atoms with E-state index in [0.717, 1.165) is 0 Å². The third-order valence-corrected chi connectivity index (χ3v) is 1.45. The fourth-order valence-corrected chi connectivity index (χ4v) is 0.639. The number of rotatable bonds is 5. The van der Waals surface area contributed by atoms with E-state index in [1.807, 2.05) is 0 Å². The second kappa shape index (κ2) is 5.22. The molecule has 0 heterocycles. The van der Waals surface area contributed by atoms with Crippen molar-refractivity contribution in [2.45, 2.75) is 24.6 Å². The molecule has 78 valence electrons. The average molecular weight is 196 g/mol. The number of aliphatic hydroxyl groups excluding tert-OH is 5. The summed E-state index contributed by atoms with van der Waals surface area (Å²) in [6.07, 6.45) is -8.21. The lowest BCUT2D eigenvalue weighted by molar-refractivity contribution is -0.165. The third-order valence-electron chi connectivity index (χ3n) is 1.45. The van der Waals surface area contributed by atoms with E-state index in [1.54, 1.807) is 0 Å². The second-order valence-electron chi connectivity index (χ2n) is 2.46. The molecule has 0 aliphatic carbocycles. The zero-order chi connectivity index (χ0) is 10.6. The van der Waals surface area contributed by atoms with Crippen molar-refractivity contribution >= 4 is 5.78 Å². The van der Waals surface area contributed by atoms with Crippen LogP contribution in [0.25, 0.3) is 0 Å². The van der Waals surface area contributed by atoms with Gasteiger partial charge in [-0.2, -0.15) is 0 Å². The molecule has 0 radical (unpaired) electrons. The van der Waals surface area contributed by atoms with E-state index in [1.165, 1.54) is 0 Å². The molecule has 0 fully saturated rings. The lowest BCUT2D eigenvalue weighted by atomic mass is 10.0. The van der Waals surface area contributed by atoms with Crippen molar-refractivity contribution in [3.05, 3.63) is 0 Å². The summed E-state index contributed by atoms with van der Waals surface area (Å²) in [5.41, 5.74) is 0. The standard InChI is InChI=1S/C6H12O7/c7-1-2(8)3(9)4(10)5(11)6(12)13/h2-4,6-10,12-13H,1H2/t2-,3-,4+/m1/s1. The quantitative estimate of drug-likeness (QED) is 0.246. The van der Waals surface area contributed by atoms with Gasteiger partial charge in [0.05, 0.1) is 6.61 Å². The molecule has 0 aromatic carbocycles. The SMILES string of the molecule is O=C(C(O)O)[C@@H](O)[C@H](O)[C@H](O)CO. The summed E-state index contributed by atoms with van der Waals surface area (Å²) in [5.74, 6) is -1.44. The van der Waals surface area contributed by atoms with E-state index in [4.69, 9.17) is 30.6 Å². The van der Waals surface area contributed by atoms with Gasteiger partial charge in [0.25, 0.3) is 0 Å². The molecule has 0 unspecified atom stereocenters. The van der Waals surface area contributed by atoms with Crippen LogP contribution < -0.4 is 0 Å². The average Bonchev–Trinajstić information content (AvgIpc) is 2.12. The lowest BCUT2D eigenvalue weighted by Gasteiger charge is -2.20. The van der Waals surface area contributed by atoms with Gasteiger partial charge < -0.3 is 30.6 Å². The highest BCUT2D eigenvalue weighted by Crippen LogP contribution is 2.02. The molecule has 7 nitrogen and oxygen atoms in total. The monoisotopic (exact) mass is 196 g/mol. The van der Waals surface area contributed by atoms with E-state index < -0.39 is 37.0 Å². The van der Waals surface area contributed by atoms with Crippen molar-refractivity contribution in [1.82, 2.24) is 0 Å². The molecule has 3 atom stereocenters. The fourth-order valence-electron chi connectivity index (χ4n) is 0.639. The van der Waals surface area contributed by atoms with Crippen LogP contribution >= 0.6 is 0 Å². The minimum Gasteiger partial charge on any atom is -0.394 e. The van der Waals surface area contributed by atoms with E-state index in [9.17, 15) is 4.79 Å². The van der Waals surface area contributed by atoms with E-state index in [2.05, 4.69) is 0 Å². The molecule has 7 heteroatoms. The topological polar surface area (TPSA) is 138 Å². The molecule has 0 rings (SSSR count). The third kappa shape index (κ3) is 3.35. The number of carbonyl (C=O) groups is 1. The Morgan fingerprint density at radius 1 is 1.08 bits per heavy atom. The summed E-state index contributed by atoms with van der Waals surface area (Å²) in [7, 11) is 0. The largest absolute Gasteiger partial charge is 0.394 e. The molecule has 0 saturated carbocycles. The lowest BCUT2D eigenvalue weighted by Crippen LogP contribution is -2.47. The van der Waals surface area contributed by atoms with Crippen LogP contribution in [0.1, 0.15) is 0 Å². The molecule has 6 N–H and O–H groups in total. The minimum atomic E-state index is -2.42. The molecule has 13 heavy (non-hydrogen) atoms. The first-order chi connectivity index (χ1) is 5.91. The number of Topliss-reactive ketones (excluding diaryl/α,β-unsaturated/α-hetero) is 1. The maximum absolute atomic E-state index is 10.6. The number of aliphatic hydroxyl groups is 6. The predicted molar refractivity (Wildman–Crippen MR) is 38.3 cm³/mol. The van der Waals surface area contributed by atoms with Gasteiger partial charge in [0.1, 0.15) is 18.3 Å². The van der Waals surface area contributed by atoms with Gasteiger partial charge in [-0.25, -0.2) is 0 Å². The predicted octanol–water partition coefficient (Wildman–Crippen LogP) is -4.06. The van der Waals surface area contributed by atoms with Crippen molar-refractivity contribution in [1.29, 1.82) is 0 Å². The van der Waals surface area contributed by atoms with E-state index in [-0.39, 0.29) is 0 Å². The Bertz CT molecular complexity index is 168. The fraction of sp³-hybridized carbons (Fsp3) is 0.833. The number of hydrogen-bond acceptors (Lipinski definition) is 7. The Kier molecular flexibility index (Phi) is 4.99. The maximum Gasteiger partial charge on any atom is 0.219 e. The van der Waals surface area contributed by atoms with Gasteiger partial charge in [0.2, 0.25) is 12.1 Å². The first-order valence-electron chi connectivity index (χ1n) is 3.46. The zero-order valence-electron chi connectivity index (χ0n) is 6.61. The summed E-state index contributed by atoms with van der Waals surface area (Å²) in [5, 5.41) is 51.4. The Morgan fingerprint density at radius 3 is 1.85 bits per heavy atom. The van der Waals surface area contributed by atoms with Gasteiger partial charge >= 0.3 is 0 Å². The zero-order valence-corrected chi connectivity index (χ0v) is 6.61. The summed E-state index contributed by atoms with van der Waals surface area (Å²) >= 11 is 0. The molecule has 0 spiro atoms. The van der Waals surface area contributed by atoms with Crippen LogP contribution in [-0.4, -0.2) is 67.6 Å². The highest BCUT2D eigenvalue weighted by atomic mass is 16.5. The second-order valence-corrected chi connectivity index (χ2v) is 2.46. The van der Waals surface area contributed by atoms with Crippen LogP contribution in [0, 0.1) is 0 Å². The summed E-state index contributed by atoms with van der Waals surface area (Å²) in [6.45, 7) is -0.854. The maximum atomic E-state index is 10.6. The van der Waals surface area contributed by atoms with Crippen LogP contribution in [-0.2, 0) is 4.79 Å². The highest BCUT2D eigenvalue weighted by molar-refractivity contribution is 5.86. The molecule has 0 aliphatic rings. The normalized spacial score (nSPS) is 18.4. The van der Waals surface area contributed by atoms with Crippen LogP contribution in [0.4, 0.5) is 0 Å². The highest BCUT2D eigenvalue weighted by Gasteiger charge is 2.32.